The Balaban J connectivity index is 2.08. The minimum Gasteiger partial charge on any atom is -0.591 e. The highest BCUT2D eigenvalue weighted by molar-refractivity contribution is 7.91. The summed E-state index contributed by atoms with van der Waals surface area (Å²) in [6.45, 7) is 7.40. The summed E-state index contributed by atoms with van der Waals surface area (Å²) in [5.41, 5.74) is 1.33. The van der Waals surface area contributed by atoms with Gasteiger partial charge in [-0.25, -0.2) is 4.39 Å². The predicted molar refractivity (Wildman–Crippen MR) is 95.5 cm³/mol. The van der Waals surface area contributed by atoms with Gasteiger partial charge in [-0.2, -0.15) is 0 Å². The van der Waals surface area contributed by atoms with Crippen LogP contribution in [0.5, 0.6) is 11.5 Å². The van der Waals surface area contributed by atoms with Crippen LogP contribution in [0.15, 0.2) is 40.9 Å². The van der Waals surface area contributed by atoms with Crippen LogP contribution in [-0.4, -0.2) is 20.5 Å². The van der Waals surface area contributed by atoms with E-state index in [0.717, 1.165) is 5.69 Å². The van der Waals surface area contributed by atoms with Crippen LogP contribution in [-0.2, 0) is 17.8 Å². The number of hydrogen-bond donors (Lipinski definition) is 0. The first-order chi connectivity index (χ1) is 11.3. The lowest BCUT2D eigenvalue weighted by Crippen LogP contribution is -2.25. The maximum Gasteiger partial charge on any atom is 0.145 e. The smallest absolute Gasteiger partial charge is 0.145 e. The molecular weight excluding hydrogens is 327 g/mol. The zero-order valence-corrected chi connectivity index (χ0v) is 15.1. The summed E-state index contributed by atoms with van der Waals surface area (Å²) in [7, 11) is 0. The summed E-state index contributed by atoms with van der Waals surface area (Å²) in [6, 6.07) is 8.17. The van der Waals surface area contributed by atoms with Crippen molar-refractivity contribution in [1.82, 2.24) is 4.98 Å². The Morgan fingerprint density at radius 3 is 2.58 bits per heavy atom. The second-order valence-corrected chi connectivity index (χ2v) is 8.28. The third kappa shape index (κ3) is 5.32. The highest BCUT2D eigenvalue weighted by Crippen LogP contribution is 2.23. The molecule has 6 heteroatoms. The van der Waals surface area contributed by atoms with Crippen LogP contribution < -0.4 is 4.74 Å². The van der Waals surface area contributed by atoms with Crippen molar-refractivity contribution in [2.75, 3.05) is 0 Å². The van der Waals surface area contributed by atoms with Gasteiger partial charge in [0, 0.05) is 12.1 Å². The Labute approximate surface area is 145 Å². The minimum atomic E-state index is -1.35. The van der Waals surface area contributed by atoms with Gasteiger partial charge in [-0.3, -0.25) is 4.98 Å². The van der Waals surface area contributed by atoms with Crippen LogP contribution in [0.4, 0.5) is 4.39 Å². The Bertz CT molecular complexity index is 712. The zero-order valence-electron chi connectivity index (χ0n) is 14.2. The summed E-state index contributed by atoms with van der Waals surface area (Å²) in [6.07, 6.45) is 3.35. The van der Waals surface area contributed by atoms with Crippen LogP contribution in [0, 0.1) is 12.7 Å². The average molecular weight is 348 g/mol. The second kappa shape index (κ2) is 7.77. The van der Waals surface area contributed by atoms with Crippen molar-refractivity contribution in [3.05, 3.63) is 53.6 Å². The number of halogens is 1. The normalized spacial score (nSPS) is 13.2. The fraction of sp³-hybridized carbons (Fsp3) is 0.333. The lowest BCUT2D eigenvalue weighted by molar-refractivity contribution is 0.477. The topological polar surface area (TPSA) is 57.5 Å². The van der Waals surface area contributed by atoms with Gasteiger partial charge in [-0.15, -0.1) is 0 Å². The van der Waals surface area contributed by atoms with E-state index in [9.17, 15) is 8.94 Å². The lowest BCUT2D eigenvalue weighted by Gasteiger charge is -2.17. The van der Waals surface area contributed by atoms with Crippen LogP contribution in [0.25, 0.3) is 0 Å². The minimum absolute atomic E-state index is 0.247. The molecule has 1 aromatic heterocycles. The third-order valence-corrected chi connectivity index (χ3v) is 4.53. The number of aromatic nitrogens is 1. The number of nitrogens with zero attached hydrogens (tertiary/aromatic N) is 2. The van der Waals surface area contributed by atoms with E-state index in [1.54, 1.807) is 24.4 Å². The molecule has 0 saturated carbocycles. The van der Waals surface area contributed by atoms with E-state index >= 15 is 0 Å². The van der Waals surface area contributed by atoms with Crippen molar-refractivity contribution in [2.45, 2.75) is 38.9 Å². The third-order valence-electron chi connectivity index (χ3n) is 3.14. The van der Waals surface area contributed by atoms with Gasteiger partial charge in [0.15, 0.2) is 0 Å². The molecule has 0 N–H and O–H groups in total. The van der Waals surface area contributed by atoms with Crippen molar-refractivity contribution in [3.63, 3.8) is 0 Å². The molecule has 128 valence electrons. The highest BCUT2D eigenvalue weighted by atomic mass is 32.2. The van der Waals surface area contributed by atoms with Gasteiger partial charge in [0.05, 0.1) is 12.4 Å². The highest BCUT2D eigenvalue weighted by Gasteiger charge is 2.25. The molecule has 0 spiro atoms. The summed E-state index contributed by atoms with van der Waals surface area (Å²) in [5, 5.41) is 0. The largest absolute Gasteiger partial charge is 0.591 e. The number of rotatable bonds is 5. The molecule has 0 radical (unpaired) electrons. The molecule has 1 unspecified atom stereocenters. The summed E-state index contributed by atoms with van der Waals surface area (Å²) >= 11 is -1.35. The molecule has 0 aliphatic carbocycles. The molecule has 0 amide bonds. The molecule has 0 aliphatic heterocycles. The standard InChI is InChI=1S/C18H21FN2O2S/c1-13-5-6-16(12-20-13)23-15-7-8-17(19)14(11-15)9-10-21-24(22)18(2,3)4/h5-8,10-12H,9H2,1-4H3. The van der Waals surface area contributed by atoms with Crippen molar-refractivity contribution >= 4 is 17.6 Å². The number of pyridine rings is 1. The quantitative estimate of drug-likeness (QED) is 0.594. The van der Waals surface area contributed by atoms with Gasteiger partial charge in [-0.05, 0) is 63.6 Å². The Morgan fingerprint density at radius 2 is 1.96 bits per heavy atom. The van der Waals surface area contributed by atoms with Gasteiger partial charge in [0.25, 0.3) is 0 Å². The molecule has 24 heavy (non-hydrogen) atoms. The zero-order chi connectivity index (χ0) is 17.7. The van der Waals surface area contributed by atoms with E-state index in [0.29, 0.717) is 17.1 Å². The van der Waals surface area contributed by atoms with Crippen LogP contribution >= 0.6 is 0 Å². The number of benzene rings is 1. The van der Waals surface area contributed by atoms with Gasteiger partial charge in [0.2, 0.25) is 0 Å². The van der Waals surface area contributed by atoms with Gasteiger partial charge >= 0.3 is 0 Å². The first-order valence-corrected chi connectivity index (χ1v) is 8.70. The van der Waals surface area contributed by atoms with Crippen molar-refractivity contribution in [2.24, 2.45) is 4.40 Å². The fourth-order valence-electron chi connectivity index (χ4n) is 1.78. The predicted octanol–water partition coefficient (Wildman–Crippen LogP) is 4.40. The van der Waals surface area contributed by atoms with E-state index < -0.39 is 16.1 Å². The Hall–Kier alpha value is -1.92. The van der Waals surface area contributed by atoms with Crippen LogP contribution in [0.2, 0.25) is 0 Å². The molecule has 2 rings (SSSR count). The Kier molecular flexibility index (Phi) is 5.96. The monoisotopic (exact) mass is 348 g/mol. The fourth-order valence-corrected chi connectivity index (χ4v) is 2.31. The molecule has 1 atom stereocenters. The molecule has 1 heterocycles. The molecule has 2 aromatic rings. The molecular formula is C18H21FN2O2S. The van der Waals surface area contributed by atoms with E-state index in [-0.39, 0.29) is 12.2 Å². The SMILES string of the molecule is Cc1ccc(Oc2ccc(F)c(CC=N[S+]([O-])C(C)(C)C)c2)cn1. The number of aryl methyl sites for hydroxylation is 1. The summed E-state index contributed by atoms with van der Waals surface area (Å²) < 4.78 is 35.0. The first kappa shape index (κ1) is 18.4. The van der Waals surface area contributed by atoms with Gasteiger partial charge in [-0.1, -0.05) is 4.40 Å². The molecule has 0 bridgehead atoms. The van der Waals surface area contributed by atoms with E-state index in [1.165, 1.54) is 12.3 Å². The number of hydrogen-bond acceptors (Lipinski definition) is 4. The van der Waals surface area contributed by atoms with Crippen molar-refractivity contribution in [3.8, 4) is 11.5 Å². The molecule has 1 aromatic carbocycles. The maximum absolute atomic E-state index is 13.9. The van der Waals surface area contributed by atoms with E-state index in [1.807, 2.05) is 33.8 Å². The van der Waals surface area contributed by atoms with Crippen LogP contribution in [0.3, 0.4) is 0 Å². The second-order valence-electron chi connectivity index (χ2n) is 6.34. The number of ether oxygens (including phenoxy) is 1. The molecule has 0 fully saturated rings. The van der Waals surface area contributed by atoms with Gasteiger partial charge in [0.1, 0.15) is 33.4 Å². The maximum atomic E-state index is 13.9. The summed E-state index contributed by atoms with van der Waals surface area (Å²) in [4.78, 5) is 4.15. The first-order valence-electron chi connectivity index (χ1n) is 7.59. The average Bonchev–Trinajstić information content (AvgIpc) is 2.51. The Morgan fingerprint density at radius 1 is 1.25 bits per heavy atom. The summed E-state index contributed by atoms with van der Waals surface area (Å²) in [5.74, 6) is 0.750. The van der Waals surface area contributed by atoms with Crippen molar-refractivity contribution < 1.29 is 13.7 Å². The lowest BCUT2D eigenvalue weighted by atomic mass is 10.1. The van der Waals surface area contributed by atoms with Crippen molar-refractivity contribution in [1.29, 1.82) is 0 Å². The van der Waals surface area contributed by atoms with Crippen LogP contribution in [0.1, 0.15) is 32.0 Å². The molecule has 0 saturated heterocycles. The van der Waals surface area contributed by atoms with Gasteiger partial charge < -0.3 is 9.29 Å². The van der Waals surface area contributed by atoms with E-state index in [4.69, 9.17) is 4.74 Å². The molecule has 0 aliphatic rings. The van der Waals surface area contributed by atoms with E-state index in [2.05, 4.69) is 9.38 Å². The molecule has 4 nitrogen and oxygen atoms in total.